The van der Waals surface area contributed by atoms with Gasteiger partial charge in [-0.25, -0.2) is 0 Å². The van der Waals surface area contributed by atoms with Crippen LogP contribution in [0.15, 0.2) is 6.33 Å². The lowest BCUT2D eigenvalue weighted by Crippen LogP contribution is -2.54. The molecule has 1 heterocycles. The summed E-state index contributed by atoms with van der Waals surface area (Å²) in [5.41, 5.74) is -0.969. The summed E-state index contributed by atoms with van der Waals surface area (Å²) in [6.07, 6.45) is 1.64. The zero-order valence-electron chi connectivity index (χ0n) is 12.9. The third-order valence-electron chi connectivity index (χ3n) is 2.95. The van der Waals surface area contributed by atoms with Crippen molar-refractivity contribution in [1.82, 2.24) is 25.4 Å². The van der Waals surface area contributed by atoms with Crippen molar-refractivity contribution in [2.75, 3.05) is 0 Å². The molecular weight excluding hydrogens is 258 g/mol. The van der Waals surface area contributed by atoms with Crippen LogP contribution in [0.3, 0.4) is 0 Å². The molecule has 2 amide bonds. The highest BCUT2D eigenvalue weighted by atomic mass is 16.2. The lowest BCUT2D eigenvalue weighted by atomic mass is 10.0. The molecule has 0 aliphatic heterocycles. The minimum atomic E-state index is -0.969. The Kier molecular flexibility index (Phi) is 4.86. The molecule has 1 rings (SSSR count). The van der Waals surface area contributed by atoms with Gasteiger partial charge in [0.25, 0.3) is 0 Å². The van der Waals surface area contributed by atoms with Crippen molar-refractivity contribution in [3.63, 3.8) is 0 Å². The molecule has 0 saturated heterocycles. The van der Waals surface area contributed by atoms with E-state index in [0.717, 1.165) is 0 Å². The molecule has 0 spiro atoms. The van der Waals surface area contributed by atoms with Crippen molar-refractivity contribution in [3.8, 4) is 0 Å². The normalized spacial score (nSPS) is 13.2. The van der Waals surface area contributed by atoms with Gasteiger partial charge in [0.1, 0.15) is 11.9 Å². The molecular formula is C13H23N5O2. The van der Waals surface area contributed by atoms with Crippen LogP contribution in [0, 0.1) is 0 Å². The molecule has 0 fully saturated rings. The van der Waals surface area contributed by atoms with Crippen molar-refractivity contribution in [2.45, 2.75) is 59.2 Å². The highest BCUT2D eigenvalue weighted by molar-refractivity contribution is 5.90. The van der Waals surface area contributed by atoms with Crippen LogP contribution in [0.1, 0.15) is 59.5 Å². The minimum absolute atomic E-state index is 0.211. The Bertz CT molecular complexity index is 493. The number of carbonyl (C=O) groups is 2. The molecule has 0 radical (unpaired) electrons. The first-order valence-corrected chi connectivity index (χ1v) is 6.64. The standard InChI is InChI=1S/C13H23N5O2/c1-8(2)18-7-14-17-11(18)9(3)15-12(20)13(5,6)16-10(4)19/h7-9H,1-6H3,(H,15,20)(H,16,19)/t9-/m0/s1. The largest absolute Gasteiger partial charge is 0.344 e. The lowest BCUT2D eigenvalue weighted by molar-refractivity contribution is -0.132. The van der Waals surface area contributed by atoms with E-state index >= 15 is 0 Å². The van der Waals surface area contributed by atoms with Gasteiger partial charge >= 0.3 is 0 Å². The van der Waals surface area contributed by atoms with E-state index < -0.39 is 5.54 Å². The van der Waals surface area contributed by atoms with E-state index in [-0.39, 0.29) is 23.9 Å². The summed E-state index contributed by atoms with van der Waals surface area (Å²) in [6, 6.07) is -0.0804. The highest BCUT2D eigenvalue weighted by Crippen LogP contribution is 2.15. The van der Waals surface area contributed by atoms with E-state index in [0.29, 0.717) is 5.82 Å². The third kappa shape index (κ3) is 3.79. The second-order valence-electron chi connectivity index (χ2n) is 5.69. The van der Waals surface area contributed by atoms with Crippen molar-refractivity contribution < 1.29 is 9.59 Å². The molecule has 2 N–H and O–H groups in total. The average molecular weight is 281 g/mol. The zero-order chi connectivity index (χ0) is 15.5. The first-order valence-electron chi connectivity index (χ1n) is 6.64. The Hall–Kier alpha value is -1.92. The average Bonchev–Trinajstić information content (AvgIpc) is 2.75. The number of hydrogen-bond donors (Lipinski definition) is 2. The lowest BCUT2D eigenvalue weighted by Gasteiger charge is -2.26. The summed E-state index contributed by atoms with van der Waals surface area (Å²) in [5, 5.41) is 13.4. The molecule has 112 valence electrons. The molecule has 0 bridgehead atoms. The fraction of sp³-hybridized carbons (Fsp3) is 0.692. The van der Waals surface area contributed by atoms with Gasteiger partial charge in [-0.1, -0.05) is 0 Å². The van der Waals surface area contributed by atoms with Gasteiger partial charge in [0.2, 0.25) is 11.8 Å². The molecule has 1 aromatic heterocycles. The van der Waals surface area contributed by atoms with E-state index in [1.54, 1.807) is 20.2 Å². The Morgan fingerprint density at radius 3 is 2.40 bits per heavy atom. The third-order valence-corrected chi connectivity index (χ3v) is 2.95. The molecule has 0 saturated carbocycles. The topological polar surface area (TPSA) is 88.9 Å². The van der Waals surface area contributed by atoms with Crippen molar-refractivity contribution in [3.05, 3.63) is 12.2 Å². The number of amides is 2. The van der Waals surface area contributed by atoms with Crippen molar-refractivity contribution in [1.29, 1.82) is 0 Å². The van der Waals surface area contributed by atoms with Gasteiger partial charge in [0, 0.05) is 13.0 Å². The van der Waals surface area contributed by atoms with Gasteiger partial charge in [0.05, 0.1) is 6.04 Å². The van der Waals surface area contributed by atoms with Gasteiger partial charge in [-0.15, -0.1) is 10.2 Å². The summed E-state index contributed by atoms with van der Waals surface area (Å²) in [7, 11) is 0. The van der Waals surface area contributed by atoms with Crippen LogP contribution in [0.4, 0.5) is 0 Å². The number of hydrogen-bond acceptors (Lipinski definition) is 4. The first-order chi connectivity index (χ1) is 9.15. The molecule has 20 heavy (non-hydrogen) atoms. The molecule has 0 aliphatic rings. The van der Waals surface area contributed by atoms with Crippen LogP contribution in [0.25, 0.3) is 0 Å². The highest BCUT2D eigenvalue weighted by Gasteiger charge is 2.30. The second-order valence-corrected chi connectivity index (χ2v) is 5.69. The molecule has 7 heteroatoms. The monoisotopic (exact) mass is 281 g/mol. The maximum atomic E-state index is 12.2. The summed E-state index contributed by atoms with van der Waals surface area (Å²) >= 11 is 0. The van der Waals surface area contributed by atoms with Gasteiger partial charge < -0.3 is 15.2 Å². The summed E-state index contributed by atoms with van der Waals surface area (Å²) in [4.78, 5) is 23.3. The van der Waals surface area contributed by atoms with E-state index in [4.69, 9.17) is 0 Å². The van der Waals surface area contributed by atoms with E-state index in [2.05, 4.69) is 20.8 Å². The van der Waals surface area contributed by atoms with Crippen LogP contribution >= 0.6 is 0 Å². The van der Waals surface area contributed by atoms with Crippen LogP contribution < -0.4 is 10.6 Å². The molecule has 1 aromatic rings. The van der Waals surface area contributed by atoms with E-state index in [1.807, 2.05) is 25.3 Å². The van der Waals surface area contributed by atoms with Gasteiger partial charge in [-0.3, -0.25) is 9.59 Å². The predicted octanol–water partition coefficient (Wildman–Crippen LogP) is 0.951. The number of rotatable bonds is 5. The van der Waals surface area contributed by atoms with Crippen LogP contribution in [-0.2, 0) is 9.59 Å². The Balaban J connectivity index is 2.80. The van der Waals surface area contributed by atoms with E-state index in [1.165, 1.54) is 6.92 Å². The number of aromatic nitrogens is 3. The molecule has 1 atom stereocenters. The van der Waals surface area contributed by atoms with Crippen LogP contribution in [0.5, 0.6) is 0 Å². The summed E-state index contributed by atoms with van der Waals surface area (Å²) in [5.74, 6) is 0.175. The summed E-state index contributed by atoms with van der Waals surface area (Å²) < 4.78 is 1.90. The molecule has 0 aromatic carbocycles. The molecule has 7 nitrogen and oxygen atoms in total. The number of nitrogens with zero attached hydrogens (tertiary/aromatic N) is 3. The maximum absolute atomic E-state index is 12.2. The Morgan fingerprint density at radius 2 is 1.90 bits per heavy atom. The van der Waals surface area contributed by atoms with E-state index in [9.17, 15) is 9.59 Å². The number of nitrogens with one attached hydrogen (secondary N) is 2. The fourth-order valence-electron chi connectivity index (χ4n) is 1.90. The second kappa shape index (κ2) is 6.02. The minimum Gasteiger partial charge on any atom is -0.344 e. The van der Waals surface area contributed by atoms with Crippen molar-refractivity contribution in [2.24, 2.45) is 0 Å². The molecule has 0 aliphatic carbocycles. The fourth-order valence-corrected chi connectivity index (χ4v) is 1.90. The van der Waals surface area contributed by atoms with Gasteiger partial charge in [-0.2, -0.15) is 0 Å². The smallest absolute Gasteiger partial charge is 0.245 e. The summed E-state index contributed by atoms with van der Waals surface area (Å²) in [6.45, 7) is 10.6. The Morgan fingerprint density at radius 1 is 1.30 bits per heavy atom. The van der Waals surface area contributed by atoms with Crippen LogP contribution in [0.2, 0.25) is 0 Å². The predicted molar refractivity (Wildman–Crippen MR) is 74.9 cm³/mol. The number of carbonyl (C=O) groups excluding carboxylic acids is 2. The molecule has 0 unspecified atom stereocenters. The van der Waals surface area contributed by atoms with Gasteiger partial charge in [-0.05, 0) is 34.6 Å². The maximum Gasteiger partial charge on any atom is 0.245 e. The van der Waals surface area contributed by atoms with Gasteiger partial charge in [0.15, 0.2) is 5.82 Å². The van der Waals surface area contributed by atoms with Crippen molar-refractivity contribution >= 4 is 11.8 Å². The van der Waals surface area contributed by atoms with Crippen LogP contribution in [-0.4, -0.2) is 32.1 Å². The Labute approximate surface area is 119 Å². The SMILES string of the molecule is CC(=O)NC(C)(C)C(=O)N[C@@H](C)c1nncn1C(C)C. The first kappa shape index (κ1) is 16.1. The quantitative estimate of drug-likeness (QED) is 0.841. The zero-order valence-corrected chi connectivity index (χ0v) is 12.9.